The molecule has 0 aliphatic rings. The highest BCUT2D eigenvalue weighted by atomic mass is 28.3. The number of nitrogens with zero attached hydrogens (tertiary/aromatic N) is 4. The third-order valence-electron chi connectivity index (χ3n) is 12.1. The van der Waals surface area contributed by atoms with E-state index in [4.69, 9.17) is 15.0 Å². The van der Waals surface area contributed by atoms with E-state index in [1.54, 1.807) is 0 Å². The number of hydrogen-bond acceptors (Lipinski definition) is 3. The van der Waals surface area contributed by atoms with Gasteiger partial charge in [-0.1, -0.05) is 231 Å². The largest absolute Gasteiger partial charge is 0.278 e. The second-order valence-electron chi connectivity index (χ2n) is 15.6. The highest BCUT2D eigenvalue weighted by molar-refractivity contribution is 7.20. The van der Waals surface area contributed by atoms with E-state index >= 15 is 0 Å². The van der Waals surface area contributed by atoms with Gasteiger partial charge in [-0.15, -0.1) is 0 Å². The first-order chi connectivity index (χ1) is 30.7. The summed E-state index contributed by atoms with van der Waals surface area (Å²) in [7, 11) is -2.79. The Hall–Kier alpha value is -7.99. The van der Waals surface area contributed by atoms with Gasteiger partial charge >= 0.3 is 0 Å². The van der Waals surface area contributed by atoms with Crippen molar-refractivity contribution in [3.63, 3.8) is 0 Å². The van der Waals surface area contributed by atoms with Gasteiger partial charge in [0.2, 0.25) is 5.95 Å². The fraction of sp³-hybridized carbons (Fsp3) is 0. The molecule has 0 unspecified atom stereocenters. The fourth-order valence-corrected chi connectivity index (χ4v) is 13.9. The van der Waals surface area contributed by atoms with Crippen molar-refractivity contribution in [2.24, 2.45) is 0 Å². The van der Waals surface area contributed by atoms with Gasteiger partial charge in [0.25, 0.3) is 0 Å². The van der Waals surface area contributed by atoms with Crippen LogP contribution in [0.15, 0.2) is 243 Å². The summed E-state index contributed by atoms with van der Waals surface area (Å²) >= 11 is 0. The van der Waals surface area contributed by atoms with Gasteiger partial charge in [-0.25, -0.2) is 4.98 Å². The minimum atomic E-state index is -2.79. The van der Waals surface area contributed by atoms with Crippen LogP contribution in [0.3, 0.4) is 0 Å². The minimum absolute atomic E-state index is 0.570. The lowest BCUT2D eigenvalue weighted by atomic mass is 10.0. The molecule has 0 saturated carbocycles. The summed E-state index contributed by atoms with van der Waals surface area (Å²) < 4.78 is 2.22. The van der Waals surface area contributed by atoms with Crippen molar-refractivity contribution in [2.45, 2.75) is 0 Å². The van der Waals surface area contributed by atoms with Gasteiger partial charge in [0.1, 0.15) is 0 Å². The Bertz CT molecular complexity index is 3100. The molecule has 0 atom stereocenters. The van der Waals surface area contributed by atoms with E-state index in [2.05, 4.69) is 235 Å². The molecule has 5 heteroatoms. The Morgan fingerprint density at radius 2 is 0.645 bits per heavy atom. The second-order valence-corrected chi connectivity index (χ2v) is 19.4. The molecule has 0 bridgehead atoms. The van der Waals surface area contributed by atoms with Crippen LogP contribution in [0.2, 0.25) is 0 Å². The molecule has 0 fully saturated rings. The molecule has 292 valence electrons. The van der Waals surface area contributed by atoms with E-state index in [1.165, 1.54) is 20.7 Å². The van der Waals surface area contributed by atoms with Crippen LogP contribution in [0.4, 0.5) is 0 Å². The van der Waals surface area contributed by atoms with Crippen LogP contribution in [0.25, 0.3) is 72.8 Å². The molecule has 0 radical (unpaired) electrons. The Morgan fingerprint density at radius 3 is 1.11 bits per heavy atom. The van der Waals surface area contributed by atoms with Crippen LogP contribution in [0, 0.1) is 0 Å². The first kappa shape index (κ1) is 37.0. The van der Waals surface area contributed by atoms with E-state index in [0.29, 0.717) is 17.6 Å². The maximum absolute atomic E-state index is 5.30. The third-order valence-corrected chi connectivity index (χ3v) is 16.8. The molecule has 11 aromatic rings. The third kappa shape index (κ3) is 6.52. The van der Waals surface area contributed by atoms with Crippen LogP contribution in [-0.4, -0.2) is 27.6 Å². The van der Waals surface area contributed by atoms with Crippen molar-refractivity contribution in [2.75, 3.05) is 0 Å². The van der Waals surface area contributed by atoms with Gasteiger partial charge in [-0.05, 0) is 55.1 Å². The average Bonchev–Trinajstić information content (AvgIpc) is 3.70. The smallest absolute Gasteiger partial charge is 0.238 e. The zero-order valence-corrected chi connectivity index (χ0v) is 34.9. The number of aromatic nitrogens is 4. The number of benzene rings is 9. The maximum atomic E-state index is 5.30. The molecule has 0 aliphatic carbocycles. The van der Waals surface area contributed by atoms with E-state index in [1.807, 2.05) is 12.1 Å². The van der Waals surface area contributed by atoms with Crippen molar-refractivity contribution in [3.05, 3.63) is 243 Å². The quantitative estimate of drug-likeness (QED) is 0.108. The first-order valence-electron chi connectivity index (χ1n) is 21.0. The molecule has 62 heavy (non-hydrogen) atoms. The van der Waals surface area contributed by atoms with Crippen LogP contribution < -0.4 is 20.7 Å². The van der Waals surface area contributed by atoms with Crippen LogP contribution in [0.1, 0.15) is 0 Å². The average molecular weight is 809 g/mol. The molecule has 4 nitrogen and oxygen atoms in total. The molecule has 0 aliphatic heterocycles. The lowest BCUT2D eigenvalue weighted by molar-refractivity contribution is 0.953. The summed E-state index contributed by atoms with van der Waals surface area (Å²) in [6.07, 6.45) is 0. The van der Waals surface area contributed by atoms with Crippen molar-refractivity contribution in [1.29, 1.82) is 0 Å². The number of fused-ring (bicyclic) bond motifs is 3. The monoisotopic (exact) mass is 808 g/mol. The highest BCUT2D eigenvalue weighted by Gasteiger charge is 2.41. The van der Waals surface area contributed by atoms with Gasteiger partial charge in [-0.3, -0.25) is 4.57 Å². The topological polar surface area (TPSA) is 43.6 Å². The van der Waals surface area contributed by atoms with E-state index in [-0.39, 0.29) is 0 Å². The molecular weight excluding hydrogens is 769 g/mol. The number of hydrogen-bond donors (Lipinski definition) is 0. The molecule has 2 heterocycles. The zero-order chi connectivity index (χ0) is 41.3. The maximum Gasteiger partial charge on any atom is 0.238 e. The highest BCUT2D eigenvalue weighted by Crippen LogP contribution is 2.33. The van der Waals surface area contributed by atoms with Crippen molar-refractivity contribution in [3.8, 4) is 51.0 Å². The summed E-state index contributed by atoms with van der Waals surface area (Å²) in [5.74, 6) is 1.80. The summed E-state index contributed by atoms with van der Waals surface area (Å²) in [4.78, 5) is 15.8. The van der Waals surface area contributed by atoms with Gasteiger partial charge < -0.3 is 0 Å². The second kappa shape index (κ2) is 15.9. The van der Waals surface area contributed by atoms with Gasteiger partial charge in [0.15, 0.2) is 19.7 Å². The van der Waals surface area contributed by atoms with E-state index in [9.17, 15) is 0 Å². The summed E-state index contributed by atoms with van der Waals surface area (Å²) in [5, 5.41) is 7.62. The standard InChI is InChI=1S/C57H40N4Si/c1-6-18-41(19-7-1)43-30-34-45(35-31-43)55-58-56(46-36-32-44(33-37-46)42-20-8-2-9-21-42)60-57(59-55)61-53-29-17-16-28-51(53)52-40-50(38-39-54(52)61)62(47-22-10-3-11-23-47,48-24-12-4-13-25-48)49-26-14-5-15-27-49/h1-40H. The molecule has 9 aromatic carbocycles. The summed E-state index contributed by atoms with van der Waals surface area (Å²) in [6.45, 7) is 0. The summed E-state index contributed by atoms with van der Waals surface area (Å²) in [6, 6.07) is 86.9. The molecule has 11 rings (SSSR count). The minimum Gasteiger partial charge on any atom is -0.278 e. The fourth-order valence-electron chi connectivity index (χ4n) is 9.09. The van der Waals surface area contributed by atoms with Crippen LogP contribution in [-0.2, 0) is 0 Å². The Morgan fingerprint density at radius 1 is 0.274 bits per heavy atom. The normalized spacial score (nSPS) is 11.5. The zero-order valence-electron chi connectivity index (χ0n) is 33.9. The van der Waals surface area contributed by atoms with Crippen molar-refractivity contribution >= 4 is 50.6 Å². The van der Waals surface area contributed by atoms with Crippen molar-refractivity contribution in [1.82, 2.24) is 19.5 Å². The SMILES string of the molecule is c1ccc(-c2ccc(-c3nc(-c4ccc(-c5ccccc5)cc4)nc(-n4c5ccccc5c5cc([Si](c6ccccc6)(c6ccccc6)c6ccccc6)ccc54)n3)cc2)cc1. The predicted molar refractivity (Wildman–Crippen MR) is 260 cm³/mol. The van der Waals surface area contributed by atoms with Crippen LogP contribution in [0.5, 0.6) is 0 Å². The molecule has 0 spiro atoms. The Balaban J connectivity index is 1.13. The molecule has 0 saturated heterocycles. The first-order valence-corrected chi connectivity index (χ1v) is 23.0. The molecule has 0 amide bonds. The van der Waals surface area contributed by atoms with Gasteiger partial charge in [0, 0.05) is 21.9 Å². The Labute approximate surface area is 362 Å². The van der Waals surface area contributed by atoms with E-state index in [0.717, 1.165) is 55.2 Å². The number of para-hydroxylation sites is 1. The van der Waals surface area contributed by atoms with Gasteiger partial charge in [-0.2, -0.15) is 9.97 Å². The van der Waals surface area contributed by atoms with Crippen molar-refractivity contribution < 1.29 is 0 Å². The summed E-state index contributed by atoms with van der Waals surface area (Å²) in [5.41, 5.74) is 8.52. The lowest BCUT2D eigenvalue weighted by Gasteiger charge is -2.34. The predicted octanol–water partition coefficient (Wildman–Crippen LogP) is 11.0. The molecule has 0 N–H and O–H groups in total. The Kier molecular flexibility index (Phi) is 9.49. The van der Waals surface area contributed by atoms with E-state index < -0.39 is 8.07 Å². The van der Waals surface area contributed by atoms with Gasteiger partial charge in [0.05, 0.1) is 11.0 Å². The lowest BCUT2D eigenvalue weighted by Crippen LogP contribution is -2.74. The number of rotatable bonds is 9. The molecular formula is C57H40N4Si. The molecule has 2 aromatic heterocycles. The van der Waals surface area contributed by atoms with Crippen LogP contribution >= 0.6 is 0 Å².